The number of aromatic amines is 1. The third-order valence-electron chi connectivity index (χ3n) is 7.50. The number of imidazole rings is 1. The van der Waals surface area contributed by atoms with Gasteiger partial charge in [0.2, 0.25) is 0 Å². The van der Waals surface area contributed by atoms with Crippen molar-refractivity contribution in [3.05, 3.63) is 96.4 Å². The van der Waals surface area contributed by atoms with E-state index in [0.29, 0.717) is 17.9 Å². The summed E-state index contributed by atoms with van der Waals surface area (Å²) in [6, 6.07) is 24.8. The van der Waals surface area contributed by atoms with Gasteiger partial charge >= 0.3 is 12.2 Å². The highest BCUT2D eigenvalue weighted by atomic mass is 16.6. The molecule has 9 heteroatoms. The summed E-state index contributed by atoms with van der Waals surface area (Å²) >= 11 is 0. The van der Waals surface area contributed by atoms with Crippen LogP contribution in [0.5, 0.6) is 0 Å². The molecule has 3 heterocycles. The van der Waals surface area contributed by atoms with Gasteiger partial charge in [0, 0.05) is 17.6 Å². The lowest BCUT2D eigenvalue weighted by Gasteiger charge is -2.22. The van der Waals surface area contributed by atoms with Crippen molar-refractivity contribution < 1.29 is 19.1 Å². The van der Waals surface area contributed by atoms with Crippen LogP contribution >= 0.6 is 0 Å². The molecule has 1 fully saturated rings. The number of aromatic nitrogens is 3. The number of amides is 1. The Labute approximate surface area is 250 Å². The predicted octanol–water partition coefficient (Wildman–Crippen LogP) is 7.54. The highest BCUT2D eigenvalue weighted by molar-refractivity contribution is 5.97. The number of benzene rings is 3. The number of carbonyl (C=O) groups is 2. The summed E-state index contributed by atoms with van der Waals surface area (Å²) < 4.78 is 12.9. The topological polar surface area (TPSA) is 115 Å². The molecule has 3 aromatic carbocycles. The lowest BCUT2D eigenvalue weighted by Crippen LogP contribution is -2.31. The summed E-state index contributed by atoms with van der Waals surface area (Å²) in [5.74, 6) is 0.732. The number of ether oxygens (including phenoxy) is 2. The second kappa shape index (κ2) is 11.3. The van der Waals surface area contributed by atoms with Crippen molar-refractivity contribution in [3.63, 3.8) is 0 Å². The molecule has 43 heavy (non-hydrogen) atoms. The Morgan fingerprint density at radius 2 is 1.72 bits per heavy atom. The molecule has 1 aliphatic rings. The minimum atomic E-state index is -0.644. The van der Waals surface area contributed by atoms with E-state index < -0.39 is 11.7 Å². The number of likely N-dealkylation sites (tertiary alicyclic amines) is 1. The van der Waals surface area contributed by atoms with Crippen LogP contribution in [0, 0.1) is 0 Å². The van der Waals surface area contributed by atoms with Crippen LogP contribution in [0.2, 0.25) is 0 Å². The highest BCUT2D eigenvalue weighted by Gasteiger charge is 2.33. The number of H-pyrrole nitrogens is 1. The Balaban J connectivity index is 1.22. The molecule has 2 aromatic heterocycles. The largest absolute Gasteiger partial charge is 0.445 e. The third-order valence-corrected chi connectivity index (χ3v) is 7.50. The zero-order valence-corrected chi connectivity index (χ0v) is 24.5. The smallest absolute Gasteiger partial charge is 0.419 e. The number of nitrogen functional groups attached to an aromatic ring is 1. The number of nitrogens with one attached hydrogen (secondary N) is 1. The molecule has 9 nitrogen and oxygen atoms in total. The summed E-state index contributed by atoms with van der Waals surface area (Å²) in [6.07, 6.45) is 2.69. The first-order chi connectivity index (χ1) is 20.7. The molecule has 1 aliphatic heterocycles. The third kappa shape index (κ3) is 5.97. The van der Waals surface area contributed by atoms with E-state index in [1.54, 1.807) is 21.7 Å². The van der Waals surface area contributed by atoms with Crippen molar-refractivity contribution in [1.82, 2.24) is 19.4 Å². The maximum atomic E-state index is 13.3. The molecule has 0 unspecified atom stereocenters. The summed E-state index contributed by atoms with van der Waals surface area (Å²) in [4.78, 5) is 36.0. The fourth-order valence-corrected chi connectivity index (χ4v) is 5.50. The maximum Gasteiger partial charge on any atom is 0.419 e. The second-order valence-corrected chi connectivity index (χ2v) is 11.8. The van der Waals surface area contributed by atoms with Crippen molar-refractivity contribution in [2.24, 2.45) is 0 Å². The number of rotatable bonds is 5. The van der Waals surface area contributed by atoms with Gasteiger partial charge in [-0.05, 0) is 74.6 Å². The van der Waals surface area contributed by atoms with Crippen molar-refractivity contribution >= 4 is 28.8 Å². The van der Waals surface area contributed by atoms with Crippen LogP contribution in [0.4, 0.5) is 15.3 Å². The average Bonchev–Trinajstić information content (AvgIpc) is 3.74. The molecule has 6 rings (SSSR count). The van der Waals surface area contributed by atoms with Crippen LogP contribution in [0.15, 0.2) is 85.1 Å². The minimum Gasteiger partial charge on any atom is -0.445 e. The van der Waals surface area contributed by atoms with E-state index in [1.165, 1.54) is 0 Å². The fourth-order valence-electron chi connectivity index (χ4n) is 5.50. The van der Waals surface area contributed by atoms with E-state index >= 15 is 0 Å². The fraction of sp³-hybridized carbons (Fsp3) is 0.265. The molecule has 1 amide bonds. The van der Waals surface area contributed by atoms with E-state index in [-0.39, 0.29) is 18.7 Å². The van der Waals surface area contributed by atoms with Crippen molar-refractivity contribution in [2.45, 2.75) is 51.9 Å². The molecule has 0 radical (unpaired) electrons. The lowest BCUT2D eigenvalue weighted by atomic mass is 10.1. The summed E-state index contributed by atoms with van der Waals surface area (Å²) in [5, 5.41) is 0.853. The Kier molecular flexibility index (Phi) is 7.39. The molecule has 0 aliphatic carbocycles. The molecule has 1 atom stereocenters. The molecule has 3 N–H and O–H groups in total. The second-order valence-electron chi connectivity index (χ2n) is 11.8. The van der Waals surface area contributed by atoms with Gasteiger partial charge < -0.3 is 20.2 Å². The number of nitrogens with two attached hydrogens (primary N) is 1. The lowest BCUT2D eigenvalue weighted by molar-refractivity contribution is 0.0547. The van der Waals surface area contributed by atoms with E-state index in [9.17, 15) is 9.59 Å². The van der Waals surface area contributed by atoms with Gasteiger partial charge in [0.25, 0.3) is 0 Å². The molecule has 0 saturated carbocycles. The van der Waals surface area contributed by atoms with Crippen LogP contribution in [0.3, 0.4) is 0 Å². The number of fused-ring (bicyclic) bond motifs is 1. The molecular formula is C34H35N5O4. The number of hydrogen-bond acceptors (Lipinski definition) is 6. The van der Waals surface area contributed by atoms with Gasteiger partial charge in [-0.2, -0.15) is 0 Å². The van der Waals surface area contributed by atoms with Crippen LogP contribution in [-0.4, -0.2) is 43.8 Å². The van der Waals surface area contributed by atoms with E-state index in [1.807, 2.05) is 93.6 Å². The summed E-state index contributed by atoms with van der Waals surface area (Å²) in [6.45, 7) is 6.40. The van der Waals surface area contributed by atoms with Gasteiger partial charge in [-0.3, -0.25) is 4.90 Å². The van der Waals surface area contributed by atoms with E-state index in [0.717, 1.165) is 52.0 Å². The average molecular weight is 578 g/mol. The highest BCUT2D eigenvalue weighted by Crippen LogP contribution is 2.34. The van der Waals surface area contributed by atoms with Crippen LogP contribution in [-0.2, 0) is 16.1 Å². The molecule has 0 spiro atoms. The van der Waals surface area contributed by atoms with Gasteiger partial charge in [0.1, 0.15) is 18.0 Å². The first-order valence-electron chi connectivity index (χ1n) is 14.4. The minimum absolute atomic E-state index is 0.173. The van der Waals surface area contributed by atoms with Gasteiger partial charge in [-0.1, -0.05) is 54.6 Å². The molecule has 220 valence electrons. The van der Waals surface area contributed by atoms with Crippen LogP contribution in [0.25, 0.3) is 33.4 Å². The summed E-state index contributed by atoms with van der Waals surface area (Å²) in [5.41, 5.74) is 11.0. The Bertz CT molecular complexity index is 1770. The normalized spacial score (nSPS) is 15.1. The van der Waals surface area contributed by atoms with E-state index in [4.69, 9.17) is 15.2 Å². The Morgan fingerprint density at radius 3 is 2.47 bits per heavy atom. The monoisotopic (exact) mass is 577 g/mol. The van der Waals surface area contributed by atoms with Crippen molar-refractivity contribution in [2.75, 3.05) is 12.3 Å². The van der Waals surface area contributed by atoms with Crippen molar-refractivity contribution in [3.8, 4) is 22.5 Å². The first kappa shape index (κ1) is 28.1. The number of hydrogen-bond donors (Lipinski definition) is 2. The molecule has 1 saturated heterocycles. The zero-order chi connectivity index (χ0) is 30.1. The number of nitrogens with zero attached hydrogens (tertiary/aromatic N) is 3. The van der Waals surface area contributed by atoms with Crippen LogP contribution in [0.1, 0.15) is 51.0 Å². The standard InChI is InChI=1S/C34H35N5O4/c1-34(2,3)43-33(41)39-28-16-15-26(35)18-25(28)19-30(39)24-13-11-23(12-14-24)27-20-36-31(37-27)29-10-7-17-38(29)32(40)42-21-22-8-5-4-6-9-22/h4-6,8-9,11-16,18-20,29H,7,10,17,21,35H2,1-3H3,(H,36,37)/t29-/m0/s1. The maximum absolute atomic E-state index is 13.3. The number of carbonyl (C=O) groups excluding carboxylic acids is 2. The first-order valence-corrected chi connectivity index (χ1v) is 14.4. The Morgan fingerprint density at radius 1 is 0.977 bits per heavy atom. The van der Waals surface area contributed by atoms with Crippen molar-refractivity contribution in [1.29, 1.82) is 0 Å². The molecule has 5 aromatic rings. The van der Waals surface area contributed by atoms with E-state index in [2.05, 4.69) is 9.97 Å². The number of anilines is 1. The predicted molar refractivity (Wildman–Crippen MR) is 166 cm³/mol. The quantitative estimate of drug-likeness (QED) is 0.209. The van der Waals surface area contributed by atoms with Crippen LogP contribution < -0.4 is 5.73 Å². The molecule has 0 bridgehead atoms. The zero-order valence-electron chi connectivity index (χ0n) is 24.5. The molecular weight excluding hydrogens is 542 g/mol. The SMILES string of the molecule is CC(C)(C)OC(=O)n1c(-c2ccc(-c3cnc([C@@H]4CCCN4C(=O)OCc4ccccc4)[nH]3)cc2)cc2cc(N)ccc21. The van der Waals surface area contributed by atoms with Gasteiger partial charge in [0.05, 0.1) is 29.1 Å². The Hall–Kier alpha value is -5.05. The van der Waals surface area contributed by atoms with Gasteiger partial charge in [-0.15, -0.1) is 0 Å². The van der Waals surface area contributed by atoms with Gasteiger partial charge in [-0.25, -0.2) is 19.1 Å². The van der Waals surface area contributed by atoms with Gasteiger partial charge in [0.15, 0.2) is 0 Å². The summed E-state index contributed by atoms with van der Waals surface area (Å²) in [7, 11) is 0.